The van der Waals surface area contributed by atoms with Crippen LogP contribution >= 0.6 is 38.5 Å². The third-order valence-electron chi connectivity index (χ3n) is 6.32. The largest absolute Gasteiger partial charge is 0.461 e. The molecule has 2 aromatic rings. The van der Waals surface area contributed by atoms with Crippen LogP contribution in [0.15, 0.2) is 48.5 Å². The van der Waals surface area contributed by atoms with E-state index in [0.717, 1.165) is 9.99 Å². The lowest BCUT2D eigenvalue weighted by Gasteiger charge is -2.27. The van der Waals surface area contributed by atoms with Crippen LogP contribution in [-0.4, -0.2) is 28.7 Å². The zero-order valence-corrected chi connectivity index (χ0v) is 19.4. The maximum absolute atomic E-state index is 13.0. The van der Waals surface area contributed by atoms with Crippen LogP contribution in [0.1, 0.15) is 16.8 Å². The molecule has 2 aliphatic carbocycles. The monoisotopic (exact) mass is 580 g/mol. The average molecular weight is 581 g/mol. The van der Waals surface area contributed by atoms with Gasteiger partial charge in [-0.25, -0.2) is 0 Å². The lowest BCUT2D eigenvalue weighted by atomic mass is 9.79. The first-order valence-electron chi connectivity index (χ1n) is 9.75. The molecule has 6 atom stereocenters. The standard InChI is InChI=1S/C22H18BrIN2O4/c23-18-14-9-15-17(22(29)30-19(15)18)16(14)21(28)26-13-3-1-2-10(8-13)20(27)25-12-6-4-11(24)5-7-12/h1-8,14-19H,9H2,(H,25,27)(H,26,28)/t14-,15-,16-,17-,18-,19+/m1/s1. The number of benzene rings is 2. The van der Waals surface area contributed by atoms with Crippen LogP contribution in [0, 0.1) is 27.2 Å². The first-order chi connectivity index (χ1) is 14.4. The molecule has 5 rings (SSSR count). The minimum atomic E-state index is -0.408. The molecule has 3 fully saturated rings. The maximum atomic E-state index is 13.0. The number of ether oxygens (including phenoxy) is 1. The molecule has 1 heterocycles. The van der Waals surface area contributed by atoms with Gasteiger partial charge in [0.25, 0.3) is 5.91 Å². The first kappa shape index (κ1) is 20.0. The van der Waals surface area contributed by atoms with Crippen molar-refractivity contribution in [2.24, 2.45) is 23.7 Å². The molecule has 6 nitrogen and oxygen atoms in total. The second-order valence-electron chi connectivity index (χ2n) is 7.99. The van der Waals surface area contributed by atoms with Crippen molar-refractivity contribution < 1.29 is 19.1 Å². The average Bonchev–Trinajstić information content (AvgIpc) is 3.34. The van der Waals surface area contributed by atoms with Gasteiger partial charge in [-0.2, -0.15) is 0 Å². The summed E-state index contributed by atoms with van der Waals surface area (Å²) in [6.45, 7) is 0. The smallest absolute Gasteiger partial charge is 0.310 e. The second-order valence-corrected chi connectivity index (χ2v) is 10.3. The van der Waals surface area contributed by atoms with E-state index in [0.29, 0.717) is 16.9 Å². The molecular weight excluding hydrogens is 563 g/mol. The van der Waals surface area contributed by atoms with E-state index in [1.165, 1.54) is 0 Å². The summed E-state index contributed by atoms with van der Waals surface area (Å²) < 4.78 is 6.56. The Hall–Kier alpha value is -1.94. The van der Waals surface area contributed by atoms with Crippen LogP contribution < -0.4 is 10.6 Å². The molecule has 2 saturated carbocycles. The SMILES string of the molecule is O=C(Nc1ccc(I)cc1)c1cccc(NC(=O)[C@@H]2[C@H]3C[C@H]4[C@H](OC(=O)[C@H]42)[C@@H]3Br)c1. The number of fused-ring (bicyclic) bond motifs is 1. The summed E-state index contributed by atoms with van der Waals surface area (Å²) in [5, 5.41) is 5.76. The van der Waals surface area contributed by atoms with E-state index < -0.39 is 5.92 Å². The molecular formula is C22H18BrIN2O4. The molecule has 2 aromatic carbocycles. The summed E-state index contributed by atoms with van der Waals surface area (Å²) in [5.41, 5.74) is 1.68. The Labute approximate surface area is 195 Å². The van der Waals surface area contributed by atoms with Gasteiger partial charge in [0.05, 0.1) is 16.7 Å². The zero-order valence-electron chi connectivity index (χ0n) is 15.7. The number of amides is 2. The van der Waals surface area contributed by atoms with Crippen molar-refractivity contribution in [3.8, 4) is 0 Å². The summed E-state index contributed by atoms with van der Waals surface area (Å²) in [5.74, 6) is -1.27. The van der Waals surface area contributed by atoms with Gasteiger partial charge in [0.1, 0.15) is 6.10 Å². The highest BCUT2D eigenvalue weighted by Gasteiger charge is 2.67. The van der Waals surface area contributed by atoms with Crippen molar-refractivity contribution in [2.75, 3.05) is 10.6 Å². The number of rotatable bonds is 4. The van der Waals surface area contributed by atoms with Gasteiger partial charge in [0.2, 0.25) is 5.91 Å². The Morgan fingerprint density at radius 2 is 1.80 bits per heavy atom. The topological polar surface area (TPSA) is 84.5 Å². The molecule has 2 bridgehead atoms. The Kier molecular flexibility index (Phi) is 5.09. The van der Waals surface area contributed by atoms with Crippen LogP contribution in [0.25, 0.3) is 0 Å². The van der Waals surface area contributed by atoms with Crippen molar-refractivity contribution in [1.29, 1.82) is 0 Å². The van der Waals surface area contributed by atoms with Gasteiger partial charge in [0, 0.05) is 26.4 Å². The predicted molar refractivity (Wildman–Crippen MR) is 123 cm³/mol. The van der Waals surface area contributed by atoms with E-state index in [9.17, 15) is 14.4 Å². The van der Waals surface area contributed by atoms with Crippen molar-refractivity contribution in [3.05, 3.63) is 57.7 Å². The second kappa shape index (κ2) is 7.64. The van der Waals surface area contributed by atoms with Gasteiger partial charge >= 0.3 is 5.97 Å². The number of alkyl halides is 1. The fraction of sp³-hybridized carbons (Fsp3) is 0.318. The molecule has 154 valence electrons. The molecule has 2 amide bonds. The van der Waals surface area contributed by atoms with Gasteiger partial charge in [0.15, 0.2) is 0 Å². The molecule has 3 aliphatic rings. The molecule has 0 spiro atoms. The van der Waals surface area contributed by atoms with Crippen LogP contribution in [-0.2, 0) is 14.3 Å². The van der Waals surface area contributed by atoms with Gasteiger partial charge in [-0.1, -0.05) is 22.0 Å². The van der Waals surface area contributed by atoms with Crippen molar-refractivity contribution >= 4 is 67.7 Å². The zero-order chi connectivity index (χ0) is 21.0. The molecule has 0 radical (unpaired) electrons. The fourth-order valence-corrected chi connectivity index (χ4v) is 6.43. The van der Waals surface area contributed by atoms with E-state index in [2.05, 4.69) is 49.2 Å². The number of nitrogens with one attached hydrogen (secondary N) is 2. The van der Waals surface area contributed by atoms with Crippen molar-refractivity contribution in [2.45, 2.75) is 17.4 Å². The molecule has 2 N–H and O–H groups in total. The highest BCUT2D eigenvalue weighted by Crippen LogP contribution is 2.60. The number of halogens is 2. The third-order valence-corrected chi connectivity index (χ3v) is 8.24. The molecule has 8 heteroatoms. The quantitative estimate of drug-likeness (QED) is 0.325. The van der Waals surface area contributed by atoms with Crippen molar-refractivity contribution in [1.82, 2.24) is 0 Å². The first-order valence-corrected chi connectivity index (χ1v) is 11.7. The van der Waals surface area contributed by atoms with Gasteiger partial charge < -0.3 is 15.4 Å². The minimum absolute atomic E-state index is 0.0204. The summed E-state index contributed by atoms with van der Waals surface area (Å²) in [6, 6.07) is 14.3. The lowest BCUT2D eigenvalue weighted by molar-refractivity contribution is -0.145. The van der Waals surface area contributed by atoms with E-state index >= 15 is 0 Å². The van der Waals surface area contributed by atoms with Crippen LogP contribution in [0.2, 0.25) is 0 Å². The normalized spacial score (nSPS) is 30.8. The van der Waals surface area contributed by atoms with E-state index in [1.807, 2.05) is 24.3 Å². The molecule has 0 aromatic heterocycles. The molecule has 1 aliphatic heterocycles. The van der Waals surface area contributed by atoms with Gasteiger partial charge in [-0.05, 0) is 77.4 Å². The number of hydrogen-bond acceptors (Lipinski definition) is 4. The Bertz CT molecular complexity index is 1040. The Morgan fingerprint density at radius 3 is 2.57 bits per heavy atom. The summed E-state index contributed by atoms with van der Waals surface area (Å²) in [4.78, 5) is 37.9. The maximum Gasteiger partial charge on any atom is 0.310 e. The number of anilines is 2. The highest BCUT2D eigenvalue weighted by atomic mass is 127. The van der Waals surface area contributed by atoms with Crippen molar-refractivity contribution in [3.63, 3.8) is 0 Å². The van der Waals surface area contributed by atoms with Gasteiger partial charge in [-0.15, -0.1) is 0 Å². The van der Waals surface area contributed by atoms with Crippen LogP contribution in [0.4, 0.5) is 11.4 Å². The summed E-state index contributed by atoms with van der Waals surface area (Å²) in [6.07, 6.45) is 0.720. The minimum Gasteiger partial charge on any atom is -0.461 e. The molecule has 0 unspecified atom stereocenters. The van der Waals surface area contributed by atoms with Crippen LogP contribution in [0.5, 0.6) is 0 Å². The molecule has 30 heavy (non-hydrogen) atoms. The summed E-state index contributed by atoms with van der Waals surface area (Å²) in [7, 11) is 0. The third kappa shape index (κ3) is 3.33. The lowest BCUT2D eigenvalue weighted by Crippen LogP contribution is -2.40. The number of carbonyl (C=O) groups excluding carboxylic acids is 3. The number of esters is 1. The molecule has 1 saturated heterocycles. The van der Waals surface area contributed by atoms with Crippen LogP contribution in [0.3, 0.4) is 0 Å². The fourth-order valence-electron chi connectivity index (χ4n) is 5.03. The van der Waals surface area contributed by atoms with Gasteiger partial charge in [-0.3, -0.25) is 14.4 Å². The van der Waals surface area contributed by atoms with E-state index in [4.69, 9.17) is 4.74 Å². The Balaban J connectivity index is 1.30. The number of carbonyl (C=O) groups is 3. The summed E-state index contributed by atoms with van der Waals surface area (Å²) >= 11 is 5.83. The van der Waals surface area contributed by atoms with E-state index in [-0.39, 0.29) is 46.5 Å². The highest BCUT2D eigenvalue weighted by molar-refractivity contribution is 14.1. The number of hydrogen-bond donors (Lipinski definition) is 2. The van der Waals surface area contributed by atoms with E-state index in [1.54, 1.807) is 24.3 Å². The predicted octanol–water partition coefficient (Wildman–Crippen LogP) is 4.05. The Morgan fingerprint density at radius 1 is 1.03 bits per heavy atom.